The van der Waals surface area contributed by atoms with Crippen LogP contribution in [-0.2, 0) is 11.3 Å². The van der Waals surface area contributed by atoms with Crippen molar-refractivity contribution in [3.63, 3.8) is 0 Å². The average molecular weight is 268 g/mol. The molecule has 4 nitrogen and oxygen atoms in total. The molecule has 0 aliphatic heterocycles. The molecule has 1 rings (SSSR count). The van der Waals surface area contributed by atoms with Crippen molar-refractivity contribution in [1.29, 1.82) is 0 Å². The maximum Gasteiger partial charge on any atom is 0.326 e. The Morgan fingerprint density at radius 2 is 2.38 bits per heavy atom. The number of carboxylic acid groups (broad SMARTS) is 1. The molecule has 0 saturated heterocycles. The molecule has 1 aromatic rings. The first-order valence-corrected chi connectivity index (χ1v) is 4.36. The van der Waals surface area contributed by atoms with Gasteiger partial charge in [-0.1, -0.05) is 0 Å². The summed E-state index contributed by atoms with van der Waals surface area (Å²) in [6.07, 6.45) is 1.05. The fourth-order valence-electron chi connectivity index (χ4n) is 0.930. The SMILES string of the molecule is CC(O)[c+]1sccn1CC(=O)O.[Br-]. The lowest BCUT2D eigenvalue weighted by atomic mass is 10.4. The molecule has 1 aromatic heterocycles. The first kappa shape index (κ1) is 12.5. The Balaban J connectivity index is 0.00000144. The lowest BCUT2D eigenvalue weighted by Gasteiger charge is -1.99. The van der Waals surface area contributed by atoms with Gasteiger partial charge in [0.1, 0.15) is 12.6 Å². The van der Waals surface area contributed by atoms with Crippen molar-refractivity contribution >= 4 is 17.3 Å². The molecular weight excluding hydrogens is 258 g/mol. The van der Waals surface area contributed by atoms with Crippen molar-refractivity contribution in [2.24, 2.45) is 0 Å². The first-order valence-electron chi connectivity index (χ1n) is 3.48. The molecule has 0 aliphatic rings. The molecule has 0 bridgehead atoms. The molecule has 74 valence electrons. The maximum atomic E-state index is 10.3. The average Bonchev–Trinajstić information content (AvgIpc) is 2.33. The quantitative estimate of drug-likeness (QED) is 0.622. The Bertz CT molecular complexity index is 287. The molecule has 0 aliphatic carbocycles. The zero-order valence-corrected chi connectivity index (χ0v) is 9.38. The third-order valence-corrected chi connectivity index (χ3v) is 2.45. The summed E-state index contributed by atoms with van der Waals surface area (Å²) in [5.74, 6) is -0.903. The number of aliphatic hydroxyl groups is 1. The van der Waals surface area contributed by atoms with Crippen LogP contribution in [0.3, 0.4) is 0 Å². The fourth-order valence-corrected chi connectivity index (χ4v) is 1.73. The number of aliphatic carboxylic acids is 1. The lowest BCUT2D eigenvalue weighted by Crippen LogP contribution is -3.00. The van der Waals surface area contributed by atoms with Gasteiger partial charge in [0.25, 0.3) is 0 Å². The highest BCUT2D eigenvalue weighted by molar-refractivity contribution is 7.09. The van der Waals surface area contributed by atoms with Gasteiger partial charge in [0.15, 0.2) is 11.6 Å². The van der Waals surface area contributed by atoms with E-state index in [4.69, 9.17) is 5.11 Å². The van der Waals surface area contributed by atoms with E-state index in [0.29, 0.717) is 5.01 Å². The van der Waals surface area contributed by atoms with Gasteiger partial charge in [-0.2, -0.15) is 0 Å². The Labute approximate surface area is 90.2 Å². The molecule has 0 fully saturated rings. The van der Waals surface area contributed by atoms with Crippen LogP contribution in [0.2, 0.25) is 0 Å². The van der Waals surface area contributed by atoms with E-state index in [-0.39, 0.29) is 23.5 Å². The van der Waals surface area contributed by atoms with E-state index in [1.54, 1.807) is 18.5 Å². The molecule has 6 heteroatoms. The molecule has 2 N–H and O–H groups in total. The lowest BCUT2D eigenvalue weighted by molar-refractivity contribution is -0.137. The van der Waals surface area contributed by atoms with E-state index >= 15 is 0 Å². The molecule has 0 aromatic carbocycles. The molecule has 1 atom stereocenters. The Hall–Kier alpha value is -0.460. The monoisotopic (exact) mass is 267 g/mol. The van der Waals surface area contributed by atoms with Gasteiger partial charge < -0.3 is 27.2 Å². The minimum Gasteiger partial charge on any atom is -1.00 e. The summed E-state index contributed by atoms with van der Waals surface area (Å²) >= 11 is 1.35. The van der Waals surface area contributed by atoms with Crippen LogP contribution in [0.25, 0.3) is 0 Å². The molecule has 13 heavy (non-hydrogen) atoms. The van der Waals surface area contributed by atoms with E-state index in [0.717, 1.165) is 0 Å². The molecule has 0 saturated carbocycles. The van der Waals surface area contributed by atoms with E-state index in [1.807, 2.05) is 0 Å². The summed E-state index contributed by atoms with van der Waals surface area (Å²) < 4.78 is 1.53. The largest absolute Gasteiger partial charge is 1.00 e. The second kappa shape index (κ2) is 5.31. The number of nitrogens with zero attached hydrogens (tertiary/aromatic N) is 1. The van der Waals surface area contributed by atoms with Crippen molar-refractivity contribution in [1.82, 2.24) is 4.57 Å². The summed E-state index contributed by atoms with van der Waals surface area (Å²) in [5.41, 5.74) is 0. The molecule has 0 amide bonds. The van der Waals surface area contributed by atoms with Gasteiger partial charge in [0.05, 0.1) is 0 Å². The topological polar surface area (TPSA) is 62.5 Å². The predicted molar refractivity (Wildman–Crippen MR) is 45.0 cm³/mol. The highest BCUT2D eigenvalue weighted by Gasteiger charge is 2.17. The normalized spacial score (nSPS) is 11.8. The number of rotatable bonds is 3. The number of carbonyl (C=O) groups is 1. The summed E-state index contributed by atoms with van der Waals surface area (Å²) in [5, 5.41) is 20.1. The van der Waals surface area contributed by atoms with E-state index in [9.17, 15) is 9.90 Å². The maximum absolute atomic E-state index is 10.3. The molecule has 0 spiro atoms. The number of hydrogen-bond acceptors (Lipinski definition) is 3. The van der Waals surface area contributed by atoms with Gasteiger partial charge in [-0.05, 0) is 6.92 Å². The van der Waals surface area contributed by atoms with Crippen LogP contribution in [0.5, 0.6) is 0 Å². The van der Waals surface area contributed by atoms with Crippen LogP contribution in [0.1, 0.15) is 18.0 Å². The first-order chi connectivity index (χ1) is 5.61. The van der Waals surface area contributed by atoms with Gasteiger partial charge in [-0.15, -0.1) is 0 Å². The second-order valence-electron chi connectivity index (χ2n) is 2.44. The Morgan fingerprint density at radius 1 is 1.77 bits per heavy atom. The minimum atomic E-state index is -0.903. The van der Waals surface area contributed by atoms with E-state index in [2.05, 4.69) is 0 Å². The Morgan fingerprint density at radius 3 is 2.85 bits per heavy atom. The van der Waals surface area contributed by atoms with Crippen molar-refractivity contribution in [2.45, 2.75) is 19.6 Å². The summed E-state index contributed by atoms with van der Waals surface area (Å²) in [7, 11) is 0. The fraction of sp³-hybridized carbons (Fsp3) is 0.429. The summed E-state index contributed by atoms with van der Waals surface area (Å²) in [6.45, 7) is 1.52. The van der Waals surface area contributed by atoms with Crippen LogP contribution in [-0.4, -0.2) is 20.7 Å². The summed E-state index contributed by atoms with van der Waals surface area (Å²) in [4.78, 5) is 10.3. The summed E-state index contributed by atoms with van der Waals surface area (Å²) in [6, 6.07) is 0. The van der Waals surface area contributed by atoms with Crippen molar-refractivity contribution in [2.75, 3.05) is 0 Å². The van der Waals surface area contributed by atoms with Gasteiger partial charge in [0, 0.05) is 11.3 Å². The smallest absolute Gasteiger partial charge is 0.326 e. The second-order valence-corrected chi connectivity index (χ2v) is 3.37. The molecule has 1 heterocycles. The number of aromatic nitrogens is 1. The van der Waals surface area contributed by atoms with E-state index in [1.165, 1.54) is 15.9 Å². The zero-order chi connectivity index (χ0) is 9.14. The van der Waals surface area contributed by atoms with Gasteiger partial charge in [-0.25, -0.2) is 4.57 Å². The van der Waals surface area contributed by atoms with Gasteiger partial charge in [-0.3, -0.25) is 4.79 Å². The number of hydrogen-bond donors (Lipinski definition) is 2. The highest BCUT2D eigenvalue weighted by atomic mass is 79.9. The van der Waals surface area contributed by atoms with Gasteiger partial charge >= 0.3 is 5.97 Å². The standard InChI is InChI=1S/C7H9NO3S.BrH/c1-5(9)7-8(2-3-12-7)4-6(10)11;/h2-3,5,9H,4H2,1H3;1H. The molecule has 0 radical (unpaired) electrons. The molecular formula is C7H10BrNO3S. The van der Waals surface area contributed by atoms with E-state index < -0.39 is 12.1 Å². The number of thiazole rings is 1. The van der Waals surface area contributed by atoms with Crippen LogP contribution in [0.4, 0.5) is 0 Å². The van der Waals surface area contributed by atoms with Crippen molar-refractivity contribution < 1.29 is 32.0 Å². The van der Waals surface area contributed by atoms with Crippen LogP contribution < -0.4 is 17.0 Å². The van der Waals surface area contributed by atoms with Gasteiger partial charge in [0.2, 0.25) is 5.01 Å². The third kappa shape index (κ3) is 3.41. The highest BCUT2D eigenvalue weighted by Crippen LogP contribution is 2.18. The van der Waals surface area contributed by atoms with Crippen molar-refractivity contribution in [3.05, 3.63) is 16.6 Å². The van der Waals surface area contributed by atoms with Crippen LogP contribution >= 0.6 is 11.3 Å². The number of halogens is 1. The Kier molecular flexibility index (Phi) is 5.12. The number of aliphatic hydroxyl groups excluding tert-OH is 1. The van der Waals surface area contributed by atoms with Crippen LogP contribution in [0, 0.1) is 0 Å². The number of carboxylic acids is 1. The minimum absolute atomic E-state index is 0. The van der Waals surface area contributed by atoms with Crippen molar-refractivity contribution in [3.8, 4) is 0 Å². The predicted octanol–water partition coefficient (Wildman–Crippen LogP) is -2.03. The molecule has 1 unspecified atom stereocenters. The zero-order valence-electron chi connectivity index (χ0n) is 6.98. The van der Waals surface area contributed by atoms with Crippen LogP contribution in [0.15, 0.2) is 11.6 Å². The third-order valence-electron chi connectivity index (χ3n) is 1.38.